The summed E-state index contributed by atoms with van der Waals surface area (Å²) in [5, 5.41) is 0. The van der Waals surface area contributed by atoms with E-state index in [-0.39, 0.29) is 10.8 Å². The molecule has 2 aliphatic rings. The number of carbonyl (C=O) groups is 1. The number of carbonyl (C=O) groups excluding carboxylic acids is 1. The van der Waals surface area contributed by atoms with Crippen LogP contribution in [0.25, 0.3) is 0 Å². The fourth-order valence-electron chi connectivity index (χ4n) is 5.40. The van der Waals surface area contributed by atoms with Crippen LogP contribution in [0, 0.1) is 11.3 Å². The van der Waals surface area contributed by atoms with Gasteiger partial charge in [0.05, 0.1) is 6.61 Å². The van der Waals surface area contributed by atoms with Crippen LogP contribution in [0.5, 0.6) is 0 Å². The van der Waals surface area contributed by atoms with Gasteiger partial charge in [-0.2, -0.15) is 0 Å². The molecule has 0 bridgehead atoms. The zero-order chi connectivity index (χ0) is 16.7. The van der Waals surface area contributed by atoms with E-state index in [4.69, 9.17) is 4.74 Å². The van der Waals surface area contributed by atoms with E-state index in [0.717, 1.165) is 6.42 Å². The second-order valence-corrected chi connectivity index (χ2v) is 8.49. The molecule has 1 saturated carbocycles. The molecule has 3 unspecified atom stereocenters. The quantitative estimate of drug-likeness (QED) is 0.732. The Morgan fingerprint density at radius 3 is 2.78 bits per heavy atom. The van der Waals surface area contributed by atoms with Crippen LogP contribution in [0.4, 0.5) is 0 Å². The van der Waals surface area contributed by atoms with E-state index < -0.39 is 0 Å². The first-order chi connectivity index (χ1) is 10.9. The highest BCUT2D eigenvalue weighted by molar-refractivity contribution is 5.42. The van der Waals surface area contributed by atoms with Crippen molar-refractivity contribution in [1.29, 1.82) is 0 Å². The van der Waals surface area contributed by atoms with Crippen molar-refractivity contribution in [1.82, 2.24) is 0 Å². The van der Waals surface area contributed by atoms with Crippen LogP contribution in [-0.2, 0) is 21.4 Å². The van der Waals surface area contributed by atoms with Gasteiger partial charge in [0, 0.05) is 5.41 Å². The van der Waals surface area contributed by atoms with Crippen molar-refractivity contribution in [2.45, 2.75) is 71.1 Å². The maximum Gasteiger partial charge on any atom is 0.293 e. The third-order valence-corrected chi connectivity index (χ3v) is 6.65. The number of hydrogen-bond donors (Lipinski definition) is 0. The minimum atomic E-state index is 0.113. The molecular weight excluding hydrogens is 284 g/mol. The average Bonchev–Trinajstić information content (AvgIpc) is 2.52. The third kappa shape index (κ3) is 2.70. The Balaban J connectivity index is 1.98. The van der Waals surface area contributed by atoms with Gasteiger partial charge in [-0.15, -0.1) is 0 Å². The normalized spacial score (nSPS) is 33.0. The van der Waals surface area contributed by atoms with E-state index >= 15 is 0 Å². The summed E-state index contributed by atoms with van der Waals surface area (Å²) in [5.41, 5.74) is 4.89. The Labute approximate surface area is 140 Å². The van der Waals surface area contributed by atoms with Gasteiger partial charge in [-0.1, -0.05) is 52.3 Å². The molecule has 0 aliphatic heterocycles. The minimum absolute atomic E-state index is 0.113. The molecule has 126 valence electrons. The molecule has 1 fully saturated rings. The van der Waals surface area contributed by atoms with Gasteiger partial charge < -0.3 is 4.74 Å². The molecule has 0 radical (unpaired) electrons. The molecule has 1 aromatic rings. The molecule has 0 aromatic heterocycles. The minimum Gasteiger partial charge on any atom is -0.467 e. The smallest absolute Gasteiger partial charge is 0.293 e. The molecule has 0 spiro atoms. The van der Waals surface area contributed by atoms with Crippen molar-refractivity contribution in [2.24, 2.45) is 11.3 Å². The van der Waals surface area contributed by atoms with Gasteiger partial charge in [-0.25, -0.2) is 0 Å². The van der Waals surface area contributed by atoms with Crippen LogP contribution in [0.1, 0.15) is 76.0 Å². The summed E-state index contributed by atoms with van der Waals surface area (Å²) in [5.74, 6) is 1.18. The molecule has 2 nitrogen and oxygen atoms in total. The molecule has 3 rings (SSSR count). The Morgan fingerprint density at radius 1 is 1.30 bits per heavy atom. The Morgan fingerprint density at radius 2 is 2.09 bits per heavy atom. The topological polar surface area (TPSA) is 26.3 Å². The Bertz CT molecular complexity index is 592. The largest absolute Gasteiger partial charge is 0.467 e. The van der Waals surface area contributed by atoms with E-state index in [1.165, 1.54) is 31.2 Å². The molecule has 0 heterocycles. The number of fused-ring (bicyclic) bond motifs is 3. The lowest BCUT2D eigenvalue weighted by Crippen LogP contribution is -2.50. The lowest BCUT2D eigenvalue weighted by atomic mass is 9.50. The molecule has 0 N–H and O–H groups in total. The summed E-state index contributed by atoms with van der Waals surface area (Å²) >= 11 is 0. The first kappa shape index (κ1) is 16.5. The predicted molar refractivity (Wildman–Crippen MR) is 93.7 cm³/mol. The van der Waals surface area contributed by atoms with Crippen LogP contribution >= 0.6 is 0 Å². The molecule has 1 aromatic carbocycles. The van der Waals surface area contributed by atoms with Crippen molar-refractivity contribution >= 4 is 6.47 Å². The average molecular weight is 314 g/mol. The molecule has 23 heavy (non-hydrogen) atoms. The summed E-state index contributed by atoms with van der Waals surface area (Å²) in [6.07, 6.45) is 6.01. The molecule has 0 saturated heterocycles. The number of aryl methyl sites for hydroxylation is 1. The highest BCUT2D eigenvalue weighted by Gasteiger charge is 2.51. The summed E-state index contributed by atoms with van der Waals surface area (Å²) in [6, 6.07) is 7.16. The summed E-state index contributed by atoms with van der Waals surface area (Å²) < 4.78 is 5.23. The standard InChI is InChI=1S/C21H30O2/c1-15(2)16-6-8-18-17(12-16)7-9-19-20(3,13-23-14-22)10-5-11-21(18,19)4/h6,8,12,14-15,19H,5,7,9-11,13H2,1-4H3. The van der Waals surface area contributed by atoms with Crippen molar-refractivity contribution in [2.75, 3.05) is 6.61 Å². The van der Waals surface area contributed by atoms with Crippen LogP contribution in [0.15, 0.2) is 18.2 Å². The van der Waals surface area contributed by atoms with Gasteiger partial charge in [-0.05, 0) is 59.6 Å². The first-order valence-corrected chi connectivity index (χ1v) is 9.09. The van der Waals surface area contributed by atoms with Crippen LogP contribution in [0.3, 0.4) is 0 Å². The molecule has 0 amide bonds. The molecule has 3 atom stereocenters. The van der Waals surface area contributed by atoms with Gasteiger partial charge in [0.1, 0.15) is 0 Å². The summed E-state index contributed by atoms with van der Waals surface area (Å²) in [4.78, 5) is 10.7. The fourth-order valence-corrected chi connectivity index (χ4v) is 5.40. The number of benzene rings is 1. The SMILES string of the molecule is CC(C)c1ccc2c(c1)CCC1C(C)(COC=O)CCCC21C. The summed E-state index contributed by atoms with van der Waals surface area (Å²) in [7, 11) is 0. The van der Waals surface area contributed by atoms with Crippen LogP contribution in [0.2, 0.25) is 0 Å². The van der Waals surface area contributed by atoms with Crippen molar-refractivity contribution in [3.8, 4) is 0 Å². The van der Waals surface area contributed by atoms with E-state index in [9.17, 15) is 4.79 Å². The van der Waals surface area contributed by atoms with Crippen LogP contribution in [-0.4, -0.2) is 13.1 Å². The van der Waals surface area contributed by atoms with Gasteiger partial charge >= 0.3 is 0 Å². The van der Waals surface area contributed by atoms with Gasteiger partial charge in [0.2, 0.25) is 0 Å². The second kappa shape index (κ2) is 5.96. The number of rotatable bonds is 4. The van der Waals surface area contributed by atoms with E-state index in [0.29, 0.717) is 24.9 Å². The van der Waals surface area contributed by atoms with Gasteiger partial charge in [0.25, 0.3) is 6.47 Å². The second-order valence-electron chi connectivity index (χ2n) is 8.49. The number of hydrogen-bond acceptors (Lipinski definition) is 2. The Hall–Kier alpha value is -1.31. The molecule has 2 aliphatic carbocycles. The molecular formula is C21H30O2. The number of ether oxygens (including phenoxy) is 1. The first-order valence-electron chi connectivity index (χ1n) is 9.09. The fraction of sp³-hybridized carbons (Fsp3) is 0.667. The van der Waals surface area contributed by atoms with Crippen molar-refractivity contribution in [3.63, 3.8) is 0 Å². The van der Waals surface area contributed by atoms with Crippen molar-refractivity contribution in [3.05, 3.63) is 34.9 Å². The van der Waals surface area contributed by atoms with E-state index in [1.807, 2.05) is 0 Å². The third-order valence-electron chi connectivity index (χ3n) is 6.65. The van der Waals surface area contributed by atoms with Crippen molar-refractivity contribution < 1.29 is 9.53 Å². The van der Waals surface area contributed by atoms with Gasteiger partial charge in [0.15, 0.2) is 0 Å². The highest BCUT2D eigenvalue weighted by Crippen LogP contribution is 2.57. The van der Waals surface area contributed by atoms with E-state index in [2.05, 4.69) is 45.9 Å². The maximum atomic E-state index is 10.7. The maximum absolute atomic E-state index is 10.7. The zero-order valence-electron chi connectivity index (χ0n) is 15.0. The predicted octanol–water partition coefficient (Wildman–Crippen LogP) is 4.99. The lowest BCUT2D eigenvalue weighted by molar-refractivity contribution is -0.135. The molecule has 2 heteroatoms. The van der Waals surface area contributed by atoms with E-state index in [1.54, 1.807) is 11.1 Å². The summed E-state index contributed by atoms with van der Waals surface area (Å²) in [6.45, 7) is 10.5. The zero-order valence-corrected chi connectivity index (χ0v) is 15.0. The monoisotopic (exact) mass is 314 g/mol. The lowest BCUT2D eigenvalue weighted by Gasteiger charge is -2.55. The Kier molecular flexibility index (Phi) is 4.29. The van der Waals surface area contributed by atoms with Crippen LogP contribution < -0.4 is 0 Å². The van der Waals surface area contributed by atoms with Gasteiger partial charge in [-0.3, -0.25) is 4.79 Å². The highest BCUT2D eigenvalue weighted by atomic mass is 16.5.